The molecule has 1 aliphatic rings. The molecule has 0 amide bonds. The third kappa shape index (κ3) is 3.52. The van der Waals surface area contributed by atoms with E-state index >= 15 is 0 Å². The molecule has 0 saturated heterocycles. The van der Waals surface area contributed by atoms with Gasteiger partial charge in [-0.15, -0.1) is 0 Å². The summed E-state index contributed by atoms with van der Waals surface area (Å²) in [5, 5.41) is 6.78. The molecule has 0 radical (unpaired) electrons. The van der Waals surface area contributed by atoms with Crippen molar-refractivity contribution in [1.82, 2.24) is 20.2 Å². The lowest BCUT2D eigenvalue weighted by Gasteiger charge is -2.30. The second-order valence-electron chi connectivity index (χ2n) is 5.85. The summed E-state index contributed by atoms with van der Waals surface area (Å²) in [6.07, 6.45) is 3.49. The molecule has 2 aromatic heterocycles. The van der Waals surface area contributed by atoms with Crippen LogP contribution in [0.4, 0.5) is 14.5 Å². The maximum atomic E-state index is 14.0. The maximum absolute atomic E-state index is 14.0. The number of nitrogens with zero attached hydrogens (tertiary/aromatic N) is 4. The van der Waals surface area contributed by atoms with Gasteiger partial charge in [0.1, 0.15) is 28.0 Å². The molecule has 27 heavy (non-hydrogen) atoms. The third-order valence-electron chi connectivity index (χ3n) is 4.19. The minimum atomic E-state index is -0.633. The Morgan fingerprint density at radius 1 is 1.26 bits per heavy atom. The fourth-order valence-electron chi connectivity index (χ4n) is 2.87. The number of hydrogen-bond donors (Lipinski definition) is 1. The van der Waals surface area contributed by atoms with Gasteiger partial charge >= 0.3 is 0 Å². The van der Waals surface area contributed by atoms with Crippen molar-refractivity contribution in [2.75, 3.05) is 11.4 Å². The lowest BCUT2D eigenvalue weighted by Crippen LogP contribution is -2.33. The summed E-state index contributed by atoms with van der Waals surface area (Å²) in [6, 6.07) is 3.45. The zero-order valence-electron chi connectivity index (χ0n) is 13.7. The van der Waals surface area contributed by atoms with Crippen molar-refractivity contribution < 1.29 is 8.78 Å². The summed E-state index contributed by atoms with van der Waals surface area (Å²) >= 11 is 7.22. The summed E-state index contributed by atoms with van der Waals surface area (Å²) in [5.74, 6) is -1.26. The lowest BCUT2D eigenvalue weighted by molar-refractivity contribution is 0.565. The molecule has 0 spiro atoms. The Morgan fingerprint density at radius 2 is 2.11 bits per heavy atom. The molecule has 4 rings (SSSR count). The zero-order valence-corrected chi connectivity index (χ0v) is 15.3. The maximum Gasteiger partial charge on any atom is 0.285 e. The van der Waals surface area contributed by atoms with E-state index in [0.717, 1.165) is 29.1 Å². The fraction of sp³-hybridized carbons (Fsp3) is 0.176. The molecule has 0 bridgehead atoms. The number of halogens is 3. The minimum absolute atomic E-state index is 0.0745. The first kappa shape index (κ1) is 17.9. The first-order valence-corrected chi connectivity index (χ1v) is 9.16. The van der Waals surface area contributed by atoms with Crippen LogP contribution in [0.2, 0.25) is 5.02 Å². The molecule has 0 fully saturated rings. The molecule has 3 aromatic rings. The second-order valence-corrected chi connectivity index (χ2v) is 7.26. The van der Waals surface area contributed by atoms with E-state index in [-0.39, 0.29) is 5.02 Å². The average Bonchev–Trinajstić information content (AvgIpc) is 2.66. The standard InChI is InChI=1S/C17H12ClF2N5OS/c18-15-13(6-23-24-16(15)26)25-4-3-10-12(7-25)21-8-22-17(10)27-14-2-1-9(19)5-11(14)20/h1-2,5-6,8H,3-4,7H2,(H,24,26). The van der Waals surface area contributed by atoms with Gasteiger partial charge in [0.15, 0.2) is 0 Å². The van der Waals surface area contributed by atoms with Crippen LogP contribution in [0, 0.1) is 11.6 Å². The van der Waals surface area contributed by atoms with E-state index in [1.807, 2.05) is 4.90 Å². The number of hydrogen-bond acceptors (Lipinski definition) is 6. The van der Waals surface area contributed by atoms with Gasteiger partial charge in [0.05, 0.1) is 24.1 Å². The van der Waals surface area contributed by atoms with Gasteiger partial charge in [-0.05, 0) is 18.6 Å². The molecule has 0 unspecified atom stereocenters. The molecular formula is C17H12ClF2N5OS. The summed E-state index contributed by atoms with van der Waals surface area (Å²) in [4.78, 5) is 22.5. The van der Waals surface area contributed by atoms with Gasteiger partial charge in [-0.2, -0.15) is 5.10 Å². The van der Waals surface area contributed by atoms with E-state index in [1.165, 1.54) is 24.7 Å². The van der Waals surface area contributed by atoms with E-state index in [0.29, 0.717) is 35.1 Å². The van der Waals surface area contributed by atoms with Gasteiger partial charge in [0.25, 0.3) is 5.56 Å². The summed E-state index contributed by atoms with van der Waals surface area (Å²) in [7, 11) is 0. The molecule has 1 aromatic carbocycles. The highest BCUT2D eigenvalue weighted by atomic mass is 35.5. The van der Waals surface area contributed by atoms with Crippen LogP contribution in [0.3, 0.4) is 0 Å². The molecule has 6 nitrogen and oxygen atoms in total. The molecule has 1 N–H and O–H groups in total. The molecular weight excluding hydrogens is 396 g/mol. The number of aromatic nitrogens is 4. The van der Waals surface area contributed by atoms with Gasteiger partial charge in [0.2, 0.25) is 0 Å². The highest BCUT2D eigenvalue weighted by molar-refractivity contribution is 7.99. The summed E-state index contributed by atoms with van der Waals surface area (Å²) in [6.45, 7) is 0.993. The van der Waals surface area contributed by atoms with E-state index in [4.69, 9.17) is 11.6 Å². The van der Waals surface area contributed by atoms with Crippen LogP contribution >= 0.6 is 23.4 Å². The molecule has 138 valence electrons. The van der Waals surface area contributed by atoms with Gasteiger partial charge in [-0.1, -0.05) is 23.4 Å². The van der Waals surface area contributed by atoms with E-state index in [2.05, 4.69) is 20.2 Å². The zero-order chi connectivity index (χ0) is 19.0. The van der Waals surface area contributed by atoms with Crippen molar-refractivity contribution in [3.63, 3.8) is 0 Å². The molecule has 10 heteroatoms. The Morgan fingerprint density at radius 3 is 2.93 bits per heavy atom. The Balaban J connectivity index is 1.63. The molecule has 0 saturated carbocycles. The quantitative estimate of drug-likeness (QED) is 0.672. The van der Waals surface area contributed by atoms with Crippen molar-refractivity contribution in [1.29, 1.82) is 0 Å². The van der Waals surface area contributed by atoms with E-state index in [9.17, 15) is 13.6 Å². The summed E-state index contributed by atoms with van der Waals surface area (Å²) in [5.41, 5.74) is 1.74. The number of benzene rings is 1. The Bertz CT molecular complexity index is 1080. The first-order chi connectivity index (χ1) is 13.0. The highest BCUT2D eigenvalue weighted by Gasteiger charge is 2.24. The molecule has 1 aliphatic heterocycles. The Labute approximate surface area is 161 Å². The van der Waals surface area contributed by atoms with Crippen molar-refractivity contribution in [3.8, 4) is 0 Å². The number of rotatable bonds is 3. The number of H-pyrrole nitrogens is 1. The topological polar surface area (TPSA) is 74.8 Å². The van der Waals surface area contributed by atoms with Gasteiger partial charge in [-0.25, -0.2) is 23.8 Å². The number of nitrogens with one attached hydrogen (secondary N) is 1. The average molecular weight is 408 g/mol. The number of aromatic amines is 1. The molecule has 3 heterocycles. The van der Waals surface area contributed by atoms with Gasteiger partial charge < -0.3 is 4.90 Å². The SMILES string of the molecule is O=c1[nH]ncc(N2CCc3c(ncnc3Sc3ccc(F)cc3F)C2)c1Cl. The third-order valence-corrected chi connectivity index (χ3v) is 5.65. The van der Waals surface area contributed by atoms with Gasteiger partial charge in [0, 0.05) is 23.1 Å². The highest BCUT2D eigenvalue weighted by Crippen LogP contribution is 2.35. The largest absolute Gasteiger partial charge is 0.363 e. The van der Waals surface area contributed by atoms with E-state index < -0.39 is 17.2 Å². The Kier molecular flexibility index (Phi) is 4.79. The van der Waals surface area contributed by atoms with Crippen LogP contribution in [0.25, 0.3) is 0 Å². The predicted octanol–water partition coefficient (Wildman–Crippen LogP) is 3.21. The fourth-order valence-corrected chi connectivity index (χ4v) is 4.03. The summed E-state index contributed by atoms with van der Waals surface area (Å²) < 4.78 is 27.1. The monoisotopic (exact) mass is 407 g/mol. The first-order valence-electron chi connectivity index (χ1n) is 7.96. The number of fused-ring (bicyclic) bond motifs is 1. The minimum Gasteiger partial charge on any atom is -0.363 e. The van der Waals surface area contributed by atoms with Crippen molar-refractivity contribution in [2.45, 2.75) is 22.9 Å². The van der Waals surface area contributed by atoms with Crippen molar-refractivity contribution in [2.24, 2.45) is 0 Å². The Hall–Kier alpha value is -2.52. The lowest BCUT2D eigenvalue weighted by atomic mass is 10.1. The van der Waals surface area contributed by atoms with E-state index in [1.54, 1.807) is 0 Å². The normalized spacial score (nSPS) is 13.5. The predicted molar refractivity (Wildman–Crippen MR) is 97.1 cm³/mol. The van der Waals surface area contributed by atoms with Gasteiger partial charge in [-0.3, -0.25) is 4.79 Å². The smallest absolute Gasteiger partial charge is 0.285 e. The second kappa shape index (κ2) is 7.24. The van der Waals surface area contributed by atoms with Crippen LogP contribution in [0.1, 0.15) is 11.3 Å². The van der Waals surface area contributed by atoms with Crippen LogP contribution in [0.15, 0.2) is 45.4 Å². The molecule has 0 aliphatic carbocycles. The van der Waals surface area contributed by atoms with Crippen LogP contribution in [0.5, 0.6) is 0 Å². The van der Waals surface area contributed by atoms with Crippen molar-refractivity contribution >= 4 is 29.1 Å². The van der Waals surface area contributed by atoms with Crippen LogP contribution < -0.4 is 10.5 Å². The molecule has 0 atom stereocenters. The van der Waals surface area contributed by atoms with Crippen LogP contribution in [-0.4, -0.2) is 26.7 Å². The van der Waals surface area contributed by atoms with Crippen molar-refractivity contribution in [3.05, 3.63) is 69.0 Å². The van der Waals surface area contributed by atoms with Crippen LogP contribution in [-0.2, 0) is 13.0 Å². The number of anilines is 1.